The summed E-state index contributed by atoms with van der Waals surface area (Å²) in [4.78, 5) is 0. The first-order chi connectivity index (χ1) is 14.9. The van der Waals surface area contributed by atoms with Crippen LogP contribution >= 0.6 is 0 Å². The van der Waals surface area contributed by atoms with Crippen LogP contribution in [0.1, 0.15) is 22.6 Å². The molecule has 0 saturated heterocycles. The Bertz CT molecular complexity index is 1020. The molecule has 0 radical (unpaired) electrons. The summed E-state index contributed by atoms with van der Waals surface area (Å²) in [6.45, 7) is 0. The van der Waals surface area contributed by atoms with Gasteiger partial charge in [-0.25, -0.2) is 0 Å². The van der Waals surface area contributed by atoms with Crippen LogP contribution in [-0.4, -0.2) is 20.6 Å². The molecule has 0 aliphatic rings. The minimum Gasteiger partial charge on any atom is -0.177 e. The van der Waals surface area contributed by atoms with E-state index in [1.54, 1.807) is 0 Å². The van der Waals surface area contributed by atoms with Crippen LogP contribution in [0.4, 0.5) is 0 Å². The van der Waals surface area contributed by atoms with Crippen molar-refractivity contribution >= 4 is 0 Å². The zero-order valence-electron chi connectivity index (χ0n) is 16.5. The summed E-state index contributed by atoms with van der Waals surface area (Å²) >= 11 is 0. The number of rotatable bonds is 4. The Morgan fingerprint density at radius 3 is 1.27 bits per heavy atom. The molecule has 0 aliphatic carbocycles. The number of benzene rings is 4. The van der Waals surface area contributed by atoms with Gasteiger partial charge in [-0.05, 0) is 21.9 Å². The summed E-state index contributed by atoms with van der Waals surface area (Å²) in [5.41, 5.74) is 4.97. The Morgan fingerprint density at radius 2 is 0.900 bits per heavy atom. The SMILES string of the molecule is c1ccc(-c2nn[nH]n2)cc1.c1ccc(C(c2ccccc2)c2ccccc2)cc1. The van der Waals surface area contributed by atoms with E-state index in [1.165, 1.54) is 16.7 Å². The Hall–Kier alpha value is -4.05. The van der Waals surface area contributed by atoms with Gasteiger partial charge in [0, 0.05) is 11.5 Å². The zero-order valence-corrected chi connectivity index (χ0v) is 16.5. The van der Waals surface area contributed by atoms with E-state index >= 15 is 0 Å². The van der Waals surface area contributed by atoms with E-state index in [9.17, 15) is 0 Å². The van der Waals surface area contributed by atoms with Gasteiger partial charge in [0.15, 0.2) is 0 Å². The highest BCUT2D eigenvalue weighted by Crippen LogP contribution is 2.31. The lowest BCUT2D eigenvalue weighted by Crippen LogP contribution is -2.02. The molecule has 1 N–H and O–H groups in total. The summed E-state index contributed by atoms with van der Waals surface area (Å²) in [7, 11) is 0. The molecule has 5 aromatic rings. The van der Waals surface area contributed by atoms with E-state index in [0.29, 0.717) is 11.7 Å². The molecule has 4 aromatic carbocycles. The Balaban J connectivity index is 0.000000168. The lowest BCUT2D eigenvalue weighted by molar-refractivity contribution is 0.881. The van der Waals surface area contributed by atoms with Gasteiger partial charge in [0.25, 0.3) is 0 Å². The molecule has 0 bridgehead atoms. The van der Waals surface area contributed by atoms with Crippen LogP contribution in [0.5, 0.6) is 0 Å². The molecule has 5 rings (SSSR count). The topological polar surface area (TPSA) is 54.5 Å². The Kier molecular flexibility index (Phi) is 6.38. The second-order valence-electron chi connectivity index (χ2n) is 6.77. The lowest BCUT2D eigenvalue weighted by Gasteiger charge is -2.18. The van der Waals surface area contributed by atoms with Gasteiger partial charge >= 0.3 is 0 Å². The number of tetrazole rings is 1. The molecule has 146 valence electrons. The molecule has 4 nitrogen and oxygen atoms in total. The van der Waals surface area contributed by atoms with Crippen LogP contribution in [0, 0.1) is 0 Å². The molecule has 30 heavy (non-hydrogen) atoms. The fourth-order valence-electron chi connectivity index (χ4n) is 3.39. The van der Waals surface area contributed by atoms with Gasteiger partial charge in [0.1, 0.15) is 0 Å². The molecular formula is C26H22N4. The van der Waals surface area contributed by atoms with Crippen molar-refractivity contribution in [1.29, 1.82) is 0 Å². The fraction of sp³-hybridized carbons (Fsp3) is 0.0385. The minimum atomic E-state index is 0.309. The van der Waals surface area contributed by atoms with Crippen molar-refractivity contribution in [2.45, 2.75) is 5.92 Å². The van der Waals surface area contributed by atoms with E-state index in [1.807, 2.05) is 30.3 Å². The second kappa shape index (κ2) is 9.94. The predicted molar refractivity (Wildman–Crippen MR) is 120 cm³/mol. The van der Waals surface area contributed by atoms with Crippen molar-refractivity contribution < 1.29 is 0 Å². The summed E-state index contributed by atoms with van der Waals surface area (Å²) in [6, 6.07) is 41.7. The van der Waals surface area contributed by atoms with Crippen LogP contribution < -0.4 is 0 Å². The minimum absolute atomic E-state index is 0.309. The average molecular weight is 390 g/mol. The second-order valence-corrected chi connectivity index (χ2v) is 6.77. The molecule has 0 amide bonds. The van der Waals surface area contributed by atoms with Crippen LogP contribution in [0.15, 0.2) is 121 Å². The van der Waals surface area contributed by atoms with E-state index in [2.05, 4.69) is 112 Å². The van der Waals surface area contributed by atoms with E-state index in [-0.39, 0.29) is 0 Å². The molecular weight excluding hydrogens is 368 g/mol. The van der Waals surface area contributed by atoms with Gasteiger partial charge in [-0.2, -0.15) is 5.21 Å². The summed E-state index contributed by atoms with van der Waals surface area (Å²) in [5.74, 6) is 0.939. The average Bonchev–Trinajstić information content (AvgIpc) is 3.38. The number of aromatic amines is 1. The largest absolute Gasteiger partial charge is 0.204 e. The van der Waals surface area contributed by atoms with Gasteiger partial charge in [0.2, 0.25) is 5.82 Å². The summed E-state index contributed by atoms with van der Waals surface area (Å²) in [5, 5.41) is 13.5. The number of H-pyrrole nitrogens is 1. The number of nitrogens with one attached hydrogen (secondary N) is 1. The molecule has 0 unspecified atom stereocenters. The summed E-state index contributed by atoms with van der Waals surface area (Å²) < 4.78 is 0. The highest BCUT2D eigenvalue weighted by Gasteiger charge is 2.15. The quantitative estimate of drug-likeness (QED) is 0.399. The molecule has 0 spiro atoms. The van der Waals surface area contributed by atoms with Crippen molar-refractivity contribution in [3.63, 3.8) is 0 Å². The van der Waals surface area contributed by atoms with Crippen molar-refractivity contribution in [1.82, 2.24) is 20.6 Å². The number of hydrogen-bond donors (Lipinski definition) is 1. The van der Waals surface area contributed by atoms with E-state index in [4.69, 9.17) is 0 Å². The monoisotopic (exact) mass is 390 g/mol. The maximum Gasteiger partial charge on any atom is 0.204 e. The molecule has 4 heteroatoms. The molecule has 0 saturated carbocycles. The standard InChI is InChI=1S/C19H16.C7H6N4/c1-4-10-16(11-5-1)19(17-12-6-2-7-13-17)18-14-8-3-9-15-18;1-2-4-6(5-3-1)7-8-10-11-9-7/h1-15,19H;1-5H,(H,8,9,10,11). The first-order valence-electron chi connectivity index (χ1n) is 9.85. The maximum atomic E-state index is 3.84. The highest BCUT2D eigenvalue weighted by atomic mass is 15.5. The predicted octanol–water partition coefficient (Wildman–Crippen LogP) is 5.73. The maximum absolute atomic E-state index is 3.84. The number of nitrogens with zero attached hydrogens (tertiary/aromatic N) is 3. The Morgan fingerprint density at radius 1 is 0.500 bits per heavy atom. The van der Waals surface area contributed by atoms with Crippen molar-refractivity contribution in [3.05, 3.63) is 138 Å². The summed E-state index contributed by atoms with van der Waals surface area (Å²) in [6.07, 6.45) is 0. The molecule has 1 aromatic heterocycles. The van der Waals surface area contributed by atoms with Gasteiger partial charge in [-0.3, -0.25) is 0 Å². The van der Waals surface area contributed by atoms with Crippen LogP contribution in [0.25, 0.3) is 11.4 Å². The lowest BCUT2D eigenvalue weighted by atomic mass is 9.85. The third-order valence-corrected chi connectivity index (χ3v) is 4.78. The zero-order chi connectivity index (χ0) is 20.4. The molecule has 1 heterocycles. The number of aromatic nitrogens is 4. The van der Waals surface area contributed by atoms with E-state index in [0.717, 1.165) is 5.56 Å². The van der Waals surface area contributed by atoms with Crippen LogP contribution in [-0.2, 0) is 0 Å². The van der Waals surface area contributed by atoms with Gasteiger partial charge in [-0.1, -0.05) is 121 Å². The van der Waals surface area contributed by atoms with Gasteiger partial charge in [-0.15, -0.1) is 10.2 Å². The molecule has 0 aliphatic heterocycles. The Labute approximate surface area is 176 Å². The smallest absolute Gasteiger partial charge is 0.177 e. The number of hydrogen-bond acceptors (Lipinski definition) is 3. The van der Waals surface area contributed by atoms with E-state index < -0.39 is 0 Å². The first kappa shape index (κ1) is 19.3. The van der Waals surface area contributed by atoms with Crippen molar-refractivity contribution in [2.75, 3.05) is 0 Å². The highest BCUT2D eigenvalue weighted by molar-refractivity contribution is 5.52. The van der Waals surface area contributed by atoms with Gasteiger partial charge < -0.3 is 0 Å². The fourth-order valence-corrected chi connectivity index (χ4v) is 3.39. The molecule has 0 atom stereocenters. The normalized spacial score (nSPS) is 10.3. The van der Waals surface area contributed by atoms with Crippen LogP contribution in [0.3, 0.4) is 0 Å². The molecule has 0 fully saturated rings. The van der Waals surface area contributed by atoms with Crippen molar-refractivity contribution in [3.8, 4) is 11.4 Å². The van der Waals surface area contributed by atoms with Crippen molar-refractivity contribution in [2.24, 2.45) is 0 Å². The van der Waals surface area contributed by atoms with Crippen LogP contribution in [0.2, 0.25) is 0 Å². The van der Waals surface area contributed by atoms with Gasteiger partial charge in [0.05, 0.1) is 0 Å². The third kappa shape index (κ3) is 4.86. The first-order valence-corrected chi connectivity index (χ1v) is 9.85. The third-order valence-electron chi connectivity index (χ3n) is 4.78.